The average Bonchev–Trinajstić information content (AvgIpc) is 2.57. The molecule has 0 aliphatic rings. The Morgan fingerprint density at radius 1 is 0.962 bits per heavy atom. The van der Waals surface area contributed by atoms with Gasteiger partial charge in [-0.1, -0.05) is 29.3 Å². The maximum Gasteiger partial charge on any atom is 0.335 e. The van der Waals surface area contributed by atoms with Gasteiger partial charge in [0.15, 0.2) is 0 Å². The van der Waals surface area contributed by atoms with E-state index in [1.807, 2.05) is 0 Å². The summed E-state index contributed by atoms with van der Waals surface area (Å²) in [6, 6.07) is 8.54. The van der Waals surface area contributed by atoms with Gasteiger partial charge in [0.2, 0.25) is 5.91 Å². The Balaban J connectivity index is 2.01. The molecule has 0 unspecified atom stereocenters. The van der Waals surface area contributed by atoms with Gasteiger partial charge in [-0.2, -0.15) is 0 Å². The molecule has 9 heteroatoms. The van der Waals surface area contributed by atoms with Crippen molar-refractivity contribution < 1.29 is 24.6 Å². The fourth-order valence-corrected chi connectivity index (χ4v) is 3.62. The highest BCUT2D eigenvalue weighted by atomic mass is 35.5. The molecule has 26 heavy (non-hydrogen) atoms. The molecule has 136 valence electrons. The summed E-state index contributed by atoms with van der Waals surface area (Å²) >= 11 is 13.4. The number of amides is 1. The second-order valence-corrected chi connectivity index (χ2v) is 6.95. The zero-order valence-corrected chi connectivity index (χ0v) is 15.5. The predicted molar refractivity (Wildman–Crippen MR) is 102 cm³/mol. The molecule has 0 aliphatic heterocycles. The Bertz CT molecular complexity index is 820. The Labute approximate surface area is 163 Å². The number of carboxylic acids is 2. The van der Waals surface area contributed by atoms with Crippen molar-refractivity contribution in [2.24, 2.45) is 0 Å². The molecule has 3 N–H and O–H groups in total. The van der Waals surface area contributed by atoms with Gasteiger partial charge >= 0.3 is 11.9 Å². The number of nitrogens with one attached hydrogen (secondary N) is 1. The maximum absolute atomic E-state index is 12.0. The Morgan fingerprint density at radius 2 is 1.50 bits per heavy atom. The minimum Gasteiger partial charge on any atom is -0.478 e. The molecule has 6 nitrogen and oxygen atoms in total. The normalized spacial score (nSPS) is 10.4. The zero-order chi connectivity index (χ0) is 19.3. The third-order valence-electron chi connectivity index (χ3n) is 3.25. The monoisotopic (exact) mass is 413 g/mol. The minimum absolute atomic E-state index is 0.0568. The number of benzene rings is 2. The number of aromatic carboxylic acids is 2. The van der Waals surface area contributed by atoms with E-state index in [0.29, 0.717) is 15.8 Å². The molecule has 0 fully saturated rings. The summed E-state index contributed by atoms with van der Waals surface area (Å²) < 4.78 is 0. The quantitative estimate of drug-likeness (QED) is 0.626. The van der Waals surface area contributed by atoms with E-state index in [2.05, 4.69) is 5.32 Å². The molecule has 2 rings (SSSR count). The molecule has 0 bridgehead atoms. The number of hydrogen-bond donors (Lipinski definition) is 3. The summed E-state index contributed by atoms with van der Waals surface area (Å²) in [5, 5.41) is 21.6. The minimum atomic E-state index is -1.29. The van der Waals surface area contributed by atoms with Crippen molar-refractivity contribution in [1.82, 2.24) is 0 Å². The smallest absolute Gasteiger partial charge is 0.335 e. The zero-order valence-electron chi connectivity index (χ0n) is 13.2. The molecule has 1 amide bonds. The van der Waals surface area contributed by atoms with E-state index < -0.39 is 17.8 Å². The van der Waals surface area contributed by atoms with Gasteiger partial charge in [0, 0.05) is 21.5 Å². The Kier molecular flexibility index (Phi) is 6.90. The van der Waals surface area contributed by atoms with Gasteiger partial charge in [-0.15, -0.1) is 11.8 Å². The van der Waals surface area contributed by atoms with Gasteiger partial charge in [-0.3, -0.25) is 4.79 Å². The van der Waals surface area contributed by atoms with E-state index in [1.54, 1.807) is 18.2 Å². The molecule has 2 aromatic carbocycles. The SMILES string of the molecule is O=C(CSCc1c(Cl)cccc1Cl)Nc1cc(C(=O)O)cc(C(=O)O)c1. The van der Waals surface area contributed by atoms with Crippen LogP contribution in [0.25, 0.3) is 0 Å². The van der Waals surface area contributed by atoms with Gasteiger partial charge in [0.1, 0.15) is 0 Å². The lowest BCUT2D eigenvalue weighted by Gasteiger charge is -2.09. The first-order valence-electron chi connectivity index (χ1n) is 7.20. The predicted octanol–water partition coefficient (Wildman–Crippen LogP) is 4.26. The second kappa shape index (κ2) is 8.93. The maximum atomic E-state index is 12.0. The van der Waals surface area contributed by atoms with Crippen LogP contribution in [0, 0.1) is 0 Å². The molecule has 0 saturated heterocycles. The van der Waals surface area contributed by atoms with Crippen LogP contribution in [0.4, 0.5) is 5.69 Å². The lowest BCUT2D eigenvalue weighted by Crippen LogP contribution is -2.15. The van der Waals surface area contributed by atoms with Crippen LogP contribution in [0.15, 0.2) is 36.4 Å². The van der Waals surface area contributed by atoms with Crippen LogP contribution in [0.5, 0.6) is 0 Å². The number of rotatable bonds is 7. The molecule has 0 saturated carbocycles. The molecule has 0 atom stereocenters. The topological polar surface area (TPSA) is 104 Å². The lowest BCUT2D eigenvalue weighted by molar-refractivity contribution is -0.113. The molecule has 0 radical (unpaired) electrons. The first kappa shape index (κ1) is 20.1. The first-order chi connectivity index (χ1) is 12.3. The van der Waals surface area contributed by atoms with Crippen molar-refractivity contribution in [2.75, 3.05) is 11.1 Å². The molecular weight excluding hydrogens is 401 g/mol. The number of carbonyl (C=O) groups excluding carboxylic acids is 1. The van der Waals surface area contributed by atoms with Crippen molar-refractivity contribution in [3.63, 3.8) is 0 Å². The standard InChI is InChI=1S/C17H13Cl2NO5S/c18-13-2-1-3-14(19)12(13)7-26-8-15(21)20-11-5-9(16(22)23)4-10(6-11)17(24)25/h1-6H,7-8H2,(H,20,21)(H,22,23)(H,24,25). The highest BCUT2D eigenvalue weighted by Crippen LogP contribution is 2.28. The van der Waals surface area contributed by atoms with Crippen molar-refractivity contribution in [3.8, 4) is 0 Å². The van der Waals surface area contributed by atoms with Gasteiger partial charge in [0.25, 0.3) is 0 Å². The van der Waals surface area contributed by atoms with Crippen molar-refractivity contribution >= 4 is 58.5 Å². The van der Waals surface area contributed by atoms with Crippen LogP contribution in [0.1, 0.15) is 26.3 Å². The fraction of sp³-hybridized carbons (Fsp3) is 0.118. The number of anilines is 1. The fourth-order valence-electron chi connectivity index (χ4n) is 2.06. The van der Waals surface area contributed by atoms with Crippen molar-refractivity contribution in [3.05, 3.63) is 63.1 Å². The van der Waals surface area contributed by atoms with Crippen LogP contribution in [0.2, 0.25) is 10.0 Å². The van der Waals surface area contributed by atoms with E-state index in [4.69, 9.17) is 33.4 Å². The molecule has 2 aromatic rings. The van der Waals surface area contributed by atoms with Gasteiger partial charge < -0.3 is 15.5 Å². The summed E-state index contributed by atoms with van der Waals surface area (Å²) in [4.78, 5) is 34.2. The van der Waals surface area contributed by atoms with Gasteiger partial charge in [-0.25, -0.2) is 9.59 Å². The number of thioether (sulfide) groups is 1. The van der Waals surface area contributed by atoms with Crippen LogP contribution in [-0.2, 0) is 10.5 Å². The molecule has 0 aromatic heterocycles. The van der Waals surface area contributed by atoms with Crippen LogP contribution < -0.4 is 5.32 Å². The summed E-state index contributed by atoms with van der Waals surface area (Å²) in [6.45, 7) is 0. The molecule has 0 heterocycles. The van der Waals surface area contributed by atoms with Crippen LogP contribution >= 0.6 is 35.0 Å². The summed E-state index contributed by atoms with van der Waals surface area (Å²) in [5.41, 5.74) is 0.366. The van der Waals surface area contributed by atoms with Gasteiger partial charge in [0.05, 0.1) is 16.9 Å². The van der Waals surface area contributed by atoms with Crippen molar-refractivity contribution in [1.29, 1.82) is 0 Å². The van der Waals surface area contributed by atoms with E-state index in [1.165, 1.54) is 23.9 Å². The Hall–Kier alpha value is -2.22. The van der Waals surface area contributed by atoms with E-state index in [-0.39, 0.29) is 22.6 Å². The number of halogens is 2. The first-order valence-corrected chi connectivity index (χ1v) is 9.11. The number of carboxylic acid groups (broad SMARTS) is 2. The van der Waals surface area contributed by atoms with Gasteiger partial charge in [-0.05, 0) is 35.9 Å². The van der Waals surface area contributed by atoms with Crippen LogP contribution in [0.3, 0.4) is 0 Å². The van der Waals surface area contributed by atoms with E-state index in [0.717, 1.165) is 11.6 Å². The molecular formula is C17H13Cl2NO5S. The summed E-state index contributed by atoms with van der Waals surface area (Å²) in [7, 11) is 0. The van der Waals surface area contributed by atoms with Crippen molar-refractivity contribution in [2.45, 2.75) is 5.75 Å². The third-order valence-corrected chi connectivity index (χ3v) is 4.92. The number of hydrogen-bond acceptors (Lipinski definition) is 4. The second-order valence-electron chi connectivity index (χ2n) is 5.15. The van der Waals surface area contributed by atoms with Crippen LogP contribution in [-0.4, -0.2) is 33.8 Å². The average molecular weight is 414 g/mol. The number of carbonyl (C=O) groups is 3. The lowest BCUT2D eigenvalue weighted by atomic mass is 10.1. The molecule has 0 spiro atoms. The Morgan fingerprint density at radius 3 is 2.00 bits per heavy atom. The summed E-state index contributed by atoms with van der Waals surface area (Å²) in [6.07, 6.45) is 0. The third kappa shape index (κ3) is 5.39. The highest BCUT2D eigenvalue weighted by Gasteiger charge is 2.13. The molecule has 0 aliphatic carbocycles. The van der Waals surface area contributed by atoms with E-state index >= 15 is 0 Å². The highest BCUT2D eigenvalue weighted by molar-refractivity contribution is 7.99. The largest absolute Gasteiger partial charge is 0.478 e. The van der Waals surface area contributed by atoms with E-state index in [9.17, 15) is 14.4 Å². The summed E-state index contributed by atoms with van der Waals surface area (Å²) in [5.74, 6) is -2.50.